The van der Waals surface area contributed by atoms with E-state index in [9.17, 15) is 4.79 Å². The highest BCUT2D eigenvalue weighted by atomic mass is 16.5. The number of rotatable bonds is 7. The van der Waals surface area contributed by atoms with Gasteiger partial charge in [-0.1, -0.05) is 19.1 Å². The van der Waals surface area contributed by atoms with E-state index in [2.05, 4.69) is 12.2 Å². The van der Waals surface area contributed by atoms with E-state index < -0.39 is 0 Å². The summed E-state index contributed by atoms with van der Waals surface area (Å²) in [6.45, 7) is 3.62. The molecule has 0 aromatic heterocycles. The Morgan fingerprint density at radius 3 is 2.84 bits per heavy atom. The number of likely N-dealkylation sites (N-methyl/N-ethyl adjacent to an activating group) is 2. The van der Waals surface area contributed by atoms with Crippen molar-refractivity contribution in [1.82, 2.24) is 10.2 Å². The molecule has 0 saturated carbocycles. The standard InChI is InChI=1S/C15H24N2O2/c1-12(10-15(18)17(3)9-8-16-2)13-6-5-7-14(11-13)19-4/h5-7,11-12,16H,8-10H2,1-4H3. The Kier molecular flexibility index (Phi) is 6.36. The van der Waals surface area contributed by atoms with E-state index >= 15 is 0 Å². The van der Waals surface area contributed by atoms with Gasteiger partial charge in [0.05, 0.1) is 7.11 Å². The van der Waals surface area contributed by atoms with Gasteiger partial charge < -0.3 is 15.0 Å². The van der Waals surface area contributed by atoms with Crippen LogP contribution in [0.3, 0.4) is 0 Å². The van der Waals surface area contributed by atoms with Crippen LogP contribution in [0, 0.1) is 0 Å². The van der Waals surface area contributed by atoms with Crippen LogP contribution in [0.25, 0.3) is 0 Å². The zero-order valence-electron chi connectivity index (χ0n) is 12.3. The monoisotopic (exact) mass is 264 g/mol. The van der Waals surface area contributed by atoms with Gasteiger partial charge in [0.2, 0.25) is 5.91 Å². The summed E-state index contributed by atoms with van der Waals surface area (Å²) in [5, 5.41) is 3.04. The van der Waals surface area contributed by atoms with Crippen LogP contribution in [-0.2, 0) is 4.79 Å². The number of carbonyl (C=O) groups is 1. The first-order chi connectivity index (χ1) is 9.08. The summed E-state index contributed by atoms with van der Waals surface area (Å²) in [7, 11) is 5.38. The Balaban J connectivity index is 2.58. The molecule has 0 saturated heterocycles. The Morgan fingerprint density at radius 2 is 2.21 bits per heavy atom. The molecular formula is C15H24N2O2. The number of hydrogen-bond acceptors (Lipinski definition) is 3. The van der Waals surface area contributed by atoms with Gasteiger partial charge in [-0.05, 0) is 30.7 Å². The fraction of sp³-hybridized carbons (Fsp3) is 0.533. The van der Waals surface area contributed by atoms with Crippen molar-refractivity contribution in [1.29, 1.82) is 0 Å². The van der Waals surface area contributed by atoms with Gasteiger partial charge in [-0.15, -0.1) is 0 Å². The maximum Gasteiger partial charge on any atom is 0.222 e. The van der Waals surface area contributed by atoms with Gasteiger partial charge in [-0.25, -0.2) is 0 Å². The summed E-state index contributed by atoms with van der Waals surface area (Å²) in [5.74, 6) is 1.20. The smallest absolute Gasteiger partial charge is 0.222 e. The number of hydrogen-bond donors (Lipinski definition) is 1. The number of methoxy groups -OCH3 is 1. The summed E-state index contributed by atoms with van der Waals surface area (Å²) in [6.07, 6.45) is 0.521. The summed E-state index contributed by atoms with van der Waals surface area (Å²) >= 11 is 0. The molecule has 19 heavy (non-hydrogen) atoms. The average Bonchev–Trinajstić information content (AvgIpc) is 2.44. The number of ether oxygens (including phenoxy) is 1. The van der Waals surface area contributed by atoms with Crippen molar-refractivity contribution in [2.75, 3.05) is 34.3 Å². The lowest BCUT2D eigenvalue weighted by molar-refractivity contribution is -0.130. The van der Waals surface area contributed by atoms with Gasteiger partial charge in [0, 0.05) is 26.6 Å². The minimum Gasteiger partial charge on any atom is -0.497 e. The SMILES string of the molecule is CNCCN(C)C(=O)CC(C)c1cccc(OC)c1. The van der Waals surface area contributed by atoms with E-state index in [0.717, 1.165) is 24.4 Å². The fourth-order valence-corrected chi connectivity index (χ4v) is 1.89. The van der Waals surface area contributed by atoms with Gasteiger partial charge in [0.15, 0.2) is 0 Å². The molecule has 0 aliphatic heterocycles. The summed E-state index contributed by atoms with van der Waals surface area (Å²) in [4.78, 5) is 13.8. The molecule has 0 aliphatic rings. The van der Waals surface area contributed by atoms with Crippen molar-refractivity contribution in [3.05, 3.63) is 29.8 Å². The van der Waals surface area contributed by atoms with Gasteiger partial charge >= 0.3 is 0 Å². The zero-order valence-corrected chi connectivity index (χ0v) is 12.3. The molecule has 1 aromatic rings. The molecule has 4 nitrogen and oxygen atoms in total. The van der Waals surface area contributed by atoms with Crippen LogP contribution in [0.4, 0.5) is 0 Å². The van der Waals surface area contributed by atoms with Crippen LogP contribution < -0.4 is 10.1 Å². The zero-order chi connectivity index (χ0) is 14.3. The van der Waals surface area contributed by atoms with E-state index in [1.165, 1.54) is 0 Å². The number of nitrogens with one attached hydrogen (secondary N) is 1. The highest BCUT2D eigenvalue weighted by Crippen LogP contribution is 2.23. The summed E-state index contributed by atoms with van der Waals surface area (Å²) < 4.78 is 5.21. The van der Waals surface area contributed by atoms with E-state index in [4.69, 9.17) is 4.74 Å². The first kappa shape index (κ1) is 15.5. The second-order valence-corrected chi connectivity index (χ2v) is 4.80. The van der Waals surface area contributed by atoms with Crippen molar-refractivity contribution in [2.24, 2.45) is 0 Å². The maximum atomic E-state index is 12.1. The number of amides is 1. The second kappa shape index (κ2) is 7.79. The molecule has 106 valence electrons. The van der Waals surface area contributed by atoms with Crippen molar-refractivity contribution < 1.29 is 9.53 Å². The molecule has 1 atom stereocenters. The lowest BCUT2D eigenvalue weighted by Crippen LogP contribution is -2.33. The average molecular weight is 264 g/mol. The highest BCUT2D eigenvalue weighted by molar-refractivity contribution is 5.76. The van der Waals surface area contributed by atoms with Gasteiger partial charge in [0.25, 0.3) is 0 Å². The predicted octanol–water partition coefficient (Wildman–Crippen LogP) is 1.87. The first-order valence-corrected chi connectivity index (χ1v) is 6.61. The molecule has 1 amide bonds. The molecule has 0 heterocycles. The summed E-state index contributed by atoms with van der Waals surface area (Å²) in [5.41, 5.74) is 1.13. The number of carbonyl (C=O) groups excluding carboxylic acids is 1. The van der Waals surface area contributed by atoms with E-state index in [1.807, 2.05) is 38.4 Å². The Hall–Kier alpha value is -1.55. The van der Waals surface area contributed by atoms with Crippen LogP contribution in [0.1, 0.15) is 24.8 Å². The molecule has 1 unspecified atom stereocenters. The number of nitrogens with zero attached hydrogens (tertiary/aromatic N) is 1. The molecule has 1 N–H and O–H groups in total. The lowest BCUT2D eigenvalue weighted by atomic mass is 9.97. The van der Waals surface area contributed by atoms with Crippen LogP contribution in [0.2, 0.25) is 0 Å². The molecular weight excluding hydrogens is 240 g/mol. The molecule has 0 spiro atoms. The van der Waals surface area contributed by atoms with Crippen molar-refractivity contribution in [3.8, 4) is 5.75 Å². The van der Waals surface area contributed by atoms with Gasteiger partial charge in [-0.3, -0.25) is 4.79 Å². The minimum absolute atomic E-state index is 0.172. The van der Waals surface area contributed by atoms with Crippen LogP contribution in [0.15, 0.2) is 24.3 Å². The third-order valence-corrected chi connectivity index (χ3v) is 3.27. The third kappa shape index (κ3) is 4.91. The van der Waals surface area contributed by atoms with Crippen molar-refractivity contribution >= 4 is 5.91 Å². The Bertz CT molecular complexity index is 407. The van der Waals surface area contributed by atoms with Gasteiger partial charge in [0.1, 0.15) is 5.75 Å². The van der Waals surface area contributed by atoms with E-state index in [-0.39, 0.29) is 11.8 Å². The number of benzene rings is 1. The van der Waals surface area contributed by atoms with Crippen molar-refractivity contribution in [2.45, 2.75) is 19.3 Å². The molecule has 1 rings (SSSR count). The minimum atomic E-state index is 0.172. The Morgan fingerprint density at radius 1 is 1.47 bits per heavy atom. The highest BCUT2D eigenvalue weighted by Gasteiger charge is 2.14. The molecule has 1 aromatic carbocycles. The normalized spacial score (nSPS) is 12.0. The quantitative estimate of drug-likeness (QED) is 0.817. The topological polar surface area (TPSA) is 41.6 Å². The van der Waals surface area contributed by atoms with E-state index in [0.29, 0.717) is 6.42 Å². The molecule has 0 aliphatic carbocycles. The molecule has 0 radical (unpaired) electrons. The largest absolute Gasteiger partial charge is 0.497 e. The van der Waals surface area contributed by atoms with Crippen LogP contribution in [0.5, 0.6) is 5.75 Å². The summed E-state index contributed by atoms with van der Waals surface area (Å²) in [6, 6.07) is 7.90. The molecule has 0 bridgehead atoms. The van der Waals surface area contributed by atoms with Gasteiger partial charge in [-0.2, -0.15) is 0 Å². The van der Waals surface area contributed by atoms with Crippen LogP contribution >= 0.6 is 0 Å². The van der Waals surface area contributed by atoms with Crippen LogP contribution in [-0.4, -0.2) is 45.1 Å². The fourth-order valence-electron chi connectivity index (χ4n) is 1.89. The predicted molar refractivity (Wildman–Crippen MR) is 77.6 cm³/mol. The lowest BCUT2D eigenvalue weighted by Gasteiger charge is -2.20. The third-order valence-electron chi connectivity index (χ3n) is 3.27. The van der Waals surface area contributed by atoms with Crippen molar-refractivity contribution in [3.63, 3.8) is 0 Å². The maximum absolute atomic E-state index is 12.1. The molecule has 4 heteroatoms. The Labute approximate surface area is 115 Å². The second-order valence-electron chi connectivity index (χ2n) is 4.80. The molecule has 0 fully saturated rings. The van der Waals surface area contributed by atoms with E-state index in [1.54, 1.807) is 12.0 Å². The first-order valence-electron chi connectivity index (χ1n) is 6.61.